The molecule has 5 N–H and O–H groups in total. The van der Waals surface area contributed by atoms with Crippen molar-refractivity contribution in [2.45, 2.75) is 160 Å². The lowest BCUT2D eigenvalue weighted by Gasteiger charge is -2.26. The molecular formula is C45H73N5O8S. The molecule has 1 aliphatic heterocycles. The maximum absolute atomic E-state index is 12.6. The molecule has 3 unspecified atom stereocenters. The highest BCUT2D eigenvalue weighted by Crippen LogP contribution is 2.30. The van der Waals surface area contributed by atoms with E-state index in [0.717, 1.165) is 60.9 Å². The Morgan fingerprint density at radius 3 is 2.24 bits per heavy atom. The molecule has 0 bridgehead atoms. The number of rotatable bonds is 18. The normalized spacial score (nSPS) is 17.8. The van der Waals surface area contributed by atoms with E-state index in [4.69, 9.17) is 9.84 Å². The number of unbranched alkanes of at least 4 members (excludes halogenated alkanes) is 2. The highest BCUT2D eigenvalue weighted by molar-refractivity contribution is 7.84. The molecule has 3 saturated carbocycles. The maximum Gasteiger partial charge on any atom is 0.255 e. The van der Waals surface area contributed by atoms with Gasteiger partial charge in [-0.3, -0.25) is 28.7 Å². The van der Waals surface area contributed by atoms with Gasteiger partial charge < -0.3 is 30.4 Å². The number of nitrogens with one attached hydrogen (secondary N) is 4. The number of para-hydroxylation sites is 1. The number of carbonyl (C=O) groups excluding carboxylic acids is 4. The van der Waals surface area contributed by atoms with Crippen LogP contribution in [0.4, 0.5) is 0 Å². The lowest BCUT2D eigenvalue weighted by atomic mass is 9.98. The zero-order valence-corrected chi connectivity index (χ0v) is 37.0. The molecule has 4 aliphatic rings. The maximum atomic E-state index is 12.6. The molecule has 13 nitrogen and oxygen atoms in total. The highest BCUT2D eigenvalue weighted by Gasteiger charge is 2.36. The van der Waals surface area contributed by atoms with Crippen LogP contribution in [0, 0.1) is 5.92 Å². The fourth-order valence-corrected chi connectivity index (χ4v) is 8.73. The van der Waals surface area contributed by atoms with E-state index in [1.165, 1.54) is 88.0 Å². The monoisotopic (exact) mass is 844 g/mol. The number of likely N-dealkylation sites (tertiary alicyclic amines) is 1. The van der Waals surface area contributed by atoms with Crippen LogP contribution in [0.15, 0.2) is 41.7 Å². The number of aromatic amines is 1. The summed E-state index contributed by atoms with van der Waals surface area (Å²) in [6, 6.07) is 6.31. The summed E-state index contributed by atoms with van der Waals surface area (Å²) >= 11 is 0. The number of ether oxygens (including phenoxy) is 1. The van der Waals surface area contributed by atoms with E-state index < -0.39 is 34.9 Å². The molecule has 59 heavy (non-hydrogen) atoms. The summed E-state index contributed by atoms with van der Waals surface area (Å²) in [4.78, 5) is 64.1. The summed E-state index contributed by atoms with van der Waals surface area (Å²) in [5, 5.41) is 12.9. The third kappa shape index (κ3) is 18.0. The van der Waals surface area contributed by atoms with Crippen LogP contribution in [-0.4, -0.2) is 87.5 Å². The van der Waals surface area contributed by atoms with Crippen molar-refractivity contribution in [2.24, 2.45) is 5.92 Å². The van der Waals surface area contributed by atoms with E-state index in [0.29, 0.717) is 32.4 Å². The molecule has 3 atom stereocenters. The van der Waals surface area contributed by atoms with Crippen molar-refractivity contribution < 1.29 is 33.2 Å². The van der Waals surface area contributed by atoms with Crippen LogP contribution in [0.25, 0.3) is 10.9 Å². The van der Waals surface area contributed by atoms with Gasteiger partial charge in [-0.25, -0.2) is 4.21 Å². The van der Waals surface area contributed by atoms with Gasteiger partial charge in [-0.15, -0.1) is 6.58 Å². The number of fused-ring (bicyclic) bond motifs is 1. The first kappa shape index (κ1) is 51.1. The molecule has 3 aliphatic carbocycles. The number of aromatic nitrogens is 1. The number of aliphatic hydroxyl groups excluding tert-OH is 1. The summed E-state index contributed by atoms with van der Waals surface area (Å²) in [5.74, 6) is 0.429. The molecule has 0 radical (unpaired) electrons. The molecular weight excluding hydrogens is 771 g/mol. The van der Waals surface area contributed by atoms with E-state index in [9.17, 15) is 28.2 Å². The van der Waals surface area contributed by atoms with Crippen molar-refractivity contribution in [3.63, 3.8) is 0 Å². The van der Waals surface area contributed by atoms with E-state index in [2.05, 4.69) is 26.9 Å². The number of aliphatic hydroxyl groups is 1. The van der Waals surface area contributed by atoms with Crippen molar-refractivity contribution in [1.29, 1.82) is 0 Å². The largest absolute Gasteiger partial charge is 0.493 e. The molecule has 14 heteroatoms. The van der Waals surface area contributed by atoms with Crippen molar-refractivity contribution in [3.8, 4) is 5.75 Å². The average molecular weight is 844 g/mol. The number of benzene rings is 1. The van der Waals surface area contributed by atoms with Gasteiger partial charge in [0.05, 0.1) is 29.5 Å². The van der Waals surface area contributed by atoms with Gasteiger partial charge in [-0.1, -0.05) is 109 Å². The summed E-state index contributed by atoms with van der Waals surface area (Å²) < 4.78 is 20.1. The second kappa shape index (κ2) is 30.1. The Kier molecular flexibility index (Phi) is 26.0. The Hall–Kier alpha value is -4.04. The topological polar surface area (TPSA) is 187 Å². The summed E-state index contributed by atoms with van der Waals surface area (Å²) in [6.45, 7) is 10.4. The van der Waals surface area contributed by atoms with Crippen LogP contribution < -0.4 is 25.7 Å². The first-order valence-corrected chi connectivity index (χ1v) is 23.3. The van der Waals surface area contributed by atoms with Crippen molar-refractivity contribution >= 4 is 46.0 Å². The SMILES string of the molecule is C1CCCC1.C=CCC(NC(=O)C1CCCN1C(=O)CNC=O)C(=O)NS(=O)C1CC1.CC.CCOc1c(CCCCCC2CCCC2)c(=O)[nH]c2ccccc12.CO. The van der Waals surface area contributed by atoms with Gasteiger partial charge in [-0.05, 0) is 69.9 Å². The van der Waals surface area contributed by atoms with Gasteiger partial charge in [0.15, 0.2) is 0 Å². The first-order valence-electron chi connectivity index (χ1n) is 22.1. The van der Waals surface area contributed by atoms with Crippen LogP contribution >= 0.6 is 0 Å². The minimum absolute atomic E-state index is 0.00713. The number of amides is 4. The molecule has 6 rings (SSSR count). The van der Waals surface area contributed by atoms with Crippen molar-refractivity contribution in [3.05, 3.63) is 52.8 Å². The second-order valence-corrected chi connectivity index (χ2v) is 16.5. The fourth-order valence-electron chi connectivity index (χ4n) is 7.65. The standard InChI is InChI=1S/C21H29NO2.C16H24N4O5S.C5H10.C2H6.CH4O/c1-2-24-20-17-13-8-9-15-19(17)22-21(23)18(20)14-5-3-4-10-16-11-6-7-12-16;1-2-4-12(15(23)19-26(25)11-6-7-11)18-16(24)13-5-3-8-20(13)14(22)9-17-10-21;1-2-4-5-3-1;2*1-2/h8-9,13,15-16H,2-7,10-12,14H2,1H3,(H,22,23);2,10-13H,1,3-9H2,(H,17,21)(H,18,24)(H,19,23);1-5H2;1-2H3;2H,1H3. The van der Waals surface area contributed by atoms with Crippen molar-refractivity contribution in [2.75, 3.05) is 26.8 Å². The Morgan fingerprint density at radius 1 is 0.966 bits per heavy atom. The summed E-state index contributed by atoms with van der Waals surface area (Å²) in [5.41, 5.74) is 1.68. The van der Waals surface area contributed by atoms with Crippen LogP contribution in [0.5, 0.6) is 5.75 Å². The smallest absolute Gasteiger partial charge is 0.255 e. The van der Waals surface area contributed by atoms with Crippen LogP contribution in [-0.2, 0) is 36.6 Å². The molecule has 1 saturated heterocycles. The van der Waals surface area contributed by atoms with E-state index in [1.54, 1.807) is 0 Å². The lowest BCUT2D eigenvalue weighted by Crippen LogP contribution is -2.54. The zero-order valence-electron chi connectivity index (χ0n) is 36.2. The van der Waals surface area contributed by atoms with Crippen LogP contribution in [0.2, 0.25) is 0 Å². The van der Waals surface area contributed by atoms with Gasteiger partial charge in [-0.2, -0.15) is 0 Å². The van der Waals surface area contributed by atoms with Crippen LogP contribution in [0.3, 0.4) is 0 Å². The number of hydrogen-bond donors (Lipinski definition) is 5. The Morgan fingerprint density at radius 2 is 1.63 bits per heavy atom. The van der Waals surface area contributed by atoms with Gasteiger partial charge in [0, 0.05) is 19.0 Å². The number of hydrogen-bond acceptors (Lipinski definition) is 8. The molecule has 332 valence electrons. The quantitative estimate of drug-likeness (QED) is 0.0637. The predicted octanol–water partition coefficient (Wildman–Crippen LogP) is 6.53. The van der Waals surface area contributed by atoms with Gasteiger partial charge in [0.1, 0.15) is 28.8 Å². The predicted molar refractivity (Wildman–Crippen MR) is 237 cm³/mol. The summed E-state index contributed by atoms with van der Waals surface area (Å²) in [6.07, 6.45) is 23.8. The highest BCUT2D eigenvalue weighted by atomic mass is 32.2. The van der Waals surface area contributed by atoms with Crippen molar-refractivity contribution in [1.82, 2.24) is 25.2 Å². The Labute approximate surface area is 354 Å². The number of H-pyrrole nitrogens is 1. The van der Waals surface area contributed by atoms with Gasteiger partial charge in [0.25, 0.3) is 11.5 Å². The van der Waals surface area contributed by atoms with Gasteiger partial charge in [0.2, 0.25) is 18.2 Å². The van der Waals surface area contributed by atoms with E-state index in [1.807, 2.05) is 45.0 Å². The van der Waals surface area contributed by atoms with Crippen LogP contribution in [0.1, 0.15) is 142 Å². The Bertz CT molecular complexity index is 1630. The fraction of sp³-hybridized carbons (Fsp3) is 0.667. The minimum atomic E-state index is -1.44. The molecule has 2 heterocycles. The number of carbonyl (C=O) groups is 4. The third-order valence-corrected chi connectivity index (χ3v) is 12.3. The molecule has 4 fully saturated rings. The molecule has 4 amide bonds. The molecule has 1 aromatic heterocycles. The second-order valence-electron chi connectivity index (χ2n) is 15.1. The molecule has 1 aromatic carbocycles. The minimum Gasteiger partial charge on any atom is -0.493 e. The lowest BCUT2D eigenvalue weighted by molar-refractivity contribution is -0.139. The molecule has 0 spiro atoms. The molecule has 2 aromatic rings. The summed E-state index contributed by atoms with van der Waals surface area (Å²) in [7, 11) is -0.441. The van der Waals surface area contributed by atoms with E-state index >= 15 is 0 Å². The number of pyridine rings is 1. The van der Waals surface area contributed by atoms with E-state index in [-0.39, 0.29) is 29.7 Å². The zero-order chi connectivity index (χ0) is 43.4. The average Bonchev–Trinajstić information content (AvgIpc) is 3.63. The number of nitrogens with zero attached hydrogens (tertiary/aromatic N) is 1. The third-order valence-electron chi connectivity index (χ3n) is 10.8. The first-order chi connectivity index (χ1) is 28.8. The van der Waals surface area contributed by atoms with Gasteiger partial charge >= 0.3 is 0 Å². The Balaban J connectivity index is 0.000000338.